The molecule has 154 valence electrons. The van der Waals surface area contributed by atoms with E-state index in [0.717, 1.165) is 50.1 Å². The lowest BCUT2D eigenvalue weighted by Crippen LogP contribution is -2.66. The molecule has 1 aromatic rings. The van der Waals surface area contributed by atoms with Crippen molar-refractivity contribution in [2.75, 3.05) is 51.3 Å². The van der Waals surface area contributed by atoms with Gasteiger partial charge in [0.15, 0.2) is 6.29 Å². The zero-order valence-electron chi connectivity index (χ0n) is 16.5. The van der Waals surface area contributed by atoms with Gasteiger partial charge in [0.05, 0.1) is 37.6 Å². The minimum absolute atomic E-state index is 0.0372. The standard InChI is InChI=1S/C21H31N3O4/c1-26-16-5-3-2-4-15(16)23-8-10-24(11-9-23)19-20(25)18(22-12-14-6-7-14)17-13-27-21(19)28-17/h2-5,14,17-22,25H,6-13H2,1H3/t17-,18+,19-,20-,21+/m0/s1. The second-order valence-electron chi connectivity index (χ2n) is 8.43. The van der Waals surface area contributed by atoms with Gasteiger partial charge in [-0.25, -0.2) is 0 Å². The highest BCUT2D eigenvalue weighted by molar-refractivity contribution is 5.58. The molecule has 1 saturated carbocycles. The van der Waals surface area contributed by atoms with E-state index in [1.54, 1.807) is 7.11 Å². The topological polar surface area (TPSA) is 66.4 Å². The lowest BCUT2D eigenvalue weighted by molar-refractivity contribution is -0.183. The number of piperazine rings is 1. The van der Waals surface area contributed by atoms with Gasteiger partial charge in [-0.2, -0.15) is 0 Å². The van der Waals surface area contributed by atoms with Crippen LogP contribution in [0.4, 0.5) is 5.69 Å². The summed E-state index contributed by atoms with van der Waals surface area (Å²) in [5, 5.41) is 14.7. The molecule has 0 aromatic heterocycles. The molecule has 1 aromatic carbocycles. The van der Waals surface area contributed by atoms with Gasteiger partial charge in [0.2, 0.25) is 0 Å². The van der Waals surface area contributed by atoms with Crippen molar-refractivity contribution in [3.63, 3.8) is 0 Å². The fourth-order valence-corrected chi connectivity index (χ4v) is 4.82. The molecule has 28 heavy (non-hydrogen) atoms. The van der Waals surface area contributed by atoms with Gasteiger partial charge in [-0.3, -0.25) is 4.90 Å². The number of rotatable bonds is 6. The first kappa shape index (κ1) is 18.6. The first-order valence-corrected chi connectivity index (χ1v) is 10.5. The highest BCUT2D eigenvalue weighted by atomic mass is 16.7. The zero-order chi connectivity index (χ0) is 19.1. The number of benzene rings is 1. The molecule has 5 rings (SSSR count). The Labute approximate surface area is 166 Å². The van der Waals surface area contributed by atoms with Crippen LogP contribution in [-0.2, 0) is 9.47 Å². The first-order valence-electron chi connectivity index (χ1n) is 10.5. The van der Waals surface area contributed by atoms with Crippen molar-refractivity contribution in [2.24, 2.45) is 5.92 Å². The molecule has 7 nitrogen and oxygen atoms in total. The number of ether oxygens (including phenoxy) is 3. The van der Waals surface area contributed by atoms with Crippen LogP contribution < -0.4 is 15.0 Å². The van der Waals surface area contributed by atoms with Crippen LogP contribution in [0.25, 0.3) is 0 Å². The van der Waals surface area contributed by atoms with Crippen LogP contribution in [-0.4, -0.2) is 87.0 Å². The maximum Gasteiger partial charge on any atom is 0.176 e. The first-order chi connectivity index (χ1) is 13.7. The van der Waals surface area contributed by atoms with E-state index < -0.39 is 6.10 Å². The molecule has 3 saturated heterocycles. The fourth-order valence-electron chi connectivity index (χ4n) is 4.82. The third-order valence-electron chi connectivity index (χ3n) is 6.63. The van der Waals surface area contributed by atoms with Crippen molar-refractivity contribution in [1.29, 1.82) is 0 Å². The number of nitrogens with zero attached hydrogens (tertiary/aromatic N) is 2. The molecule has 4 fully saturated rings. The Morgan fingerprint density at radius 1 is 1.18 bits per heavy atom. The van der Waals surface area contributed by atoms with Crippen molar-refractivity contribution in [1.82, 2.24) is 10.2 Å². The molecule has 0 radical (unpaired) electrons. The van der Waals surface area contributed by atoms with Crippen molar-refractivity contribution in [3.05, 3.63) is 24.3 Å². The minimum atomic E-state index is -0.470. The number of aliphatic hydroxyl groups excluding tert-OH is 1. The van der Waals surface area contributed by atoms with Gasteiger partial charge in [-0.1, -0.05) is 12.1 Å². The molecular weight excluding hydrogens is 358 g/mol. The molecule has 3 aliphatic heterocycles. The predicted molar refractivity (Wildman–Crippen MR) is 106 cm³/mol. The Hall–Kier alpha value is -1.38. The Morgan fingerprint density at radius 3 is 2.71 bits per heavy atom. The molecule has 2 bridgehead atoms. The number of nitrogens with one attached hydrogen (secondary N) is 1. The van der Waals surface area contributed by atoms with E-state index in [-0.39, 0.29) is 24.5 Å². The maximum absolute atomic E-state index is 11.2. The molecule has 0 unspecified atom stereocenters. The summed E-state index contributed by atoms with van der Waals surface area (Å²) in [6.07, 6.45) is 1.77. The lowest BCUT2D eigenvalue weighted by atomic mass is 9.94. The molecule has 3 heterocycles. The summed E-state index contributed by atoms with van der Waals surface area (Å²) < 4.78 is 17.6. The lowest BCUT2D eigenvalue weighted by Gasteiger charge is -2.47. The zero-order valence-corrected chi connectivity index (χ0v) is 16.5. The summed E-state index contributed by atoms with van der Waals surface area (Å²) in [5.74, 6) is 1.68. The summed E-state index contributed by atoms with van der Waals surface area (Å²) in [4.78, 5) is 4.70. The Bertz CT molecular complexity index is 677. The average Bonchev–Trinajstić information content (AvgIpc) is 3.47. The maximum atomic E-state index is 11.2. The molecule has 0 amide bonds. The number of hydrogen-bond acceptors (Lipinski definition) is 7. The molecule has 0 spiro atoms. The van der Waals surface area contributed by atoms with Crippen LogP contribution in [0.3, 0.4) is 0 Å². The van der Waals surface area contributed by atoms with E-state index in [1.165, 1.54) is 12.8 Å². The van der Waals surface area contributed by atoms with Crippen LogP contribution in [0.5, 0.6) is 5.75 Å². The monoisotopic (exact) mass is 389 g/mol. The van der Waals surface area contributed by atoms with Crippen molar-refractivity contribution in [2.45, 2.75) is 43.4 Å². The Balaban J connectivity index is 1.25. The highest BCUT2D eigenvalue weighted by Crippen LogP contribution is 2.34. The predicted octanol–water partition coefficient (Wildman–Crippen LogP) is 0.670. The van der Waals surface area contributed by atoms with Gasteiger partial charge < -0.3 is 29.5 Å². The van der Waals surface area contributed by atoms with Crippen LogP contribution >= 0.6 is 0 Å². The molecule has 4 aliphatic rings. The van der Waals surface area contributed by atoms with Gasteiger partial charge in [0, 0.05) is 26.2 Å². The third-order valence-corrected chi connectivity index (χ3v) is 6.63. The number of aliphatic hydroxyl groups is 1. The van der Waals surface area contributed by atoms with Crippen molar-refractivity contribution in [3.8, 4) is 5.75 Å². The smallest absolute Gasteiger partial charge is 0.176 e. The SMILES string of the molecule is COc1ccccc1N1CCN([C@@H]2[C@@H]3OC[C@H](O3)[C@@H](NCC3CC3)[C@@H]2O)CC1. The molecule has 7 heteroatoms. The van der Waals surface area contributed by atoms with Gasteiger partial charge in [-0.15, -0.1) is 0 Å². The largest absolute Gasteiger partial charge is 0.495 e. The molecule has 5 atom stereocenters. The number of anilines is 1. The quantitative estimate of drug-likeness (QED) is 0.741. The van der Waals surface area contributed by atoms with Gasteiger partial charge in [0.1, 0.15) is 11.9 Å². The van der Waals surface area contributed by atoms with E-state index >= 15 is 0 Å². The van der Waals surface area contributed by atoms with Crippen molar-refractivity contribution < 1.29 is 19.3 Å². The van der Waals surface area contributed by atoms with Crippen LogP contribution in [0.1, 0.15) is 12.8 Å². The summed E-state index contributed by atoms with van der Waals surface area (Å²) in [5.41, 5.74) is 1.13. The van der Waals surface area contributed by atoms with Crippen LogP contribution in [0.2, 0.25) is 0 Å². The van der Waals surface area contributed by atoms with E-state index in [9.17, 15) is 5.11 Å². The Kier molecular flexibility index (Phi) is 5.19. The molecule has 2 N–H and O–H groups in total. The van der Waals surface area contributed by atoms with E-state index in [2.05, 4.69) is 21.2 Å². The van der Waals surface area contributed by atoms with Crippen LogP contribution in [0.15, 0.2) is 24.3 Å². The number of hydrogen-bond donors (Lipinski definition) is 2. The second-order valence-corrected chi connectivity index (χ2v) is 8.43. The third kappa shape index (κ3) is 3.50. The molecule has 1 aliphatic carbocycles. The highest BCUT2D eigenvalue weighted by Gasteiger charge is 2.52. The van der Waals surface area contributed by atoms with E-state index in [4.69, 9.17) is 14.2 Å². The van der Waals surface area contributed by atoms with Gasteiger partial charge >= 0.3 is 0 Å². The minimum Gasteiger partial charge on any atom is -0.495 e. The number of methoxy groups -OCH3 is 1. The normalized spacial score (nSPS) is 35.9. The van der Waals surface area contributed by atoms with E-state index in [0.29, 0.717) is 6.61 Å². The summed E-state index contributed by atoms with van der Waals surface area (Å²) in [6.45, 7) is 5.05. The average molecular weight is 389 g/mol. The van der Waals surface area contributed by atoms with Crippen molar-refractivity contribution >= 4 is 5.69 Å². The summed E-state index contributed by atoms with van der Waals surface area (Å²) in [7, 11) is 1.72. The van der Waals surface area contributed by atoms with Crippen LogP contribution in [0, 0.1) is 5.92 Å². The second kappa shape index (κ2) is 7.80. The number of fused-ring (bicyclic) bond motifs is 2. The Morgan fingerprint density at radius 2 is 1.96 bits per heavy atom. The number of para-hydroxylation sites is 2. The fraction of sp³-hybridized carbons (Fsp3) is 0.714. The summed E-state index contributed by atoms with van der Waals surface area (Å²) >= 11 is 0. The van der Waals surface area contributed by atoms with E-state index in [1.807, 2.05) is 18.2 Å². The molecular formula is C21H31N3O4. The summed E-state index contributed by atoms with van der Waals surface area (Å²) in [6, 6.07) is 7.99. The van der Waals surface area contributed by atoms with Gasteiger partial charge in [0.25, 0.3) is 0 Å². The van der Waals surface area contributed by atoms with Gasteiger partial charge in [-0.05, 0) is 37.4 Å².